The smallest absolute Gasteiger partial charge is 0.306 e. The summed E-state index contributed by atoms with van der Waals surface area (Å²) in [5, 5.41) is 0. The average molecular weight is 1160 g/mol. The van der Waals surface area contributed by atoms with E-state index in [0.717, 1.165) is 57.8 Å². The zero-order valence-corrected chi connectivity index (χ0v) is 56.1. The van der Waals surface area contributed by atoms with Crippen molar-refractivity contribution in [2.75, 3.05) is 13.2 Å². The lowest BCUT2D eigenvalue weighted by atomic mass is 10.0. The second kappa shape index (κ2) is 71.6. The van der Waals surface area contributed by atoms with E-state index in [1.54, 1.807) is 0 Å². The van der Waals surface area contributed by atoms with Crippen molar-refractivity contribution in [2.24, 2.45) is 0 Å². The van der Waals surface area contributed by atoms with Crippen LogP contribution in [0.5, 0.6) is 0 Å². The van der Waals surface area contributed by atoms with Gasteiger partial charge in [-0.2, -0.15) is 0 Å². The Kier molecular flexibility index (Phi) is 70.0. The molecule has 0 fully saturated rings. The molecule has 0 aliphatic rings. The van der Waals surface area contributed by atoms with Crippen molar-refractivity contribution >= 4 is 17.9 Å². The highest BCUT2D eigenvalue weighted by molar-refractivity contribution is 5.71. The Morgan fingerprint density at radius 2 is 0.402 bits per heavy atom. The third kappa shape index (κ3) is 68.9. The molecule has 0 spiro atoms. The molecule has 0 heterocycles. The van der Waals surface area contributed by atoms with Gasteiger partial charge < -0.3 is 14.2 Å². The first-order valence-electron chi connectivity index (χ1n) is 37.7. The lowest BCUT2D eigenvalue weighted by Crippen LogP contribution is -2.30. The quantitative estimate of drug-likeness (QED) is 0.0261. The van der Waals surface area contributed by atoms with E-state index in [-0.39, 0.29) is 31.1 Å². The van der Waals surface area contributed by atoms with Gasteiger partial charge in [-0.25, -0.2) is 0 Å². The fourth-order valence-corrected chi connectivity index (χ4v) is 11.9. The van der Waals surface area contributed by atoms with Gasteiger partial charge in [-0.1, -0.05) is 386 Å². The predicted molar refractivity (Wildman–Crippen MR) is 358 cm³/mol. The number of unbranched alkanes of at least 4 members (excludes halogenated alkanes) is 58. The van der Waals surface area contributed by atoms with Gasteiger partial charge in [0.1, 0.15) is 13.2 Å². The van der Waals surface area contributed by atoms with E-state index >= 15 is 0 Å². The second-order valence-electron chi connectivity index (χ2n) is 25.9. The summed E-state index contributed by atoms with van der Waals surface area (Å²) in [7, 11) is 0. The zero-order chi connectivity index (χ0) is 59.2. The van der Waals surface area contributed by atoms with Crippen LogP contribution >= 0.6 is 0 Å². The van der Waals surface area contributed by atoms with Crippen molar-refractivity contribution < 1.29 is 28.6 Å². The molecular formula is C76H146O6. The summed E-state index contributed by atoms with van der Waals surface area (Å²) in [6.07, 6.45) is 87.0. The maximum absolute atomic E-state index is 12.9. The number of allylic oxidation sites excluding steroid dienone is 2. The molecule has 486 valence electrons. The lowest BCUT2D eigenvalue weighted by molar-refractivity contribution is -0.167. The SMILES string of the molecule is CCCCCCCC/C=C\CCCCCCCCCC(=O)OC(COC(=O)CCCCCCCCCCCCCCCCC)COC(=O)CCCCCCCCCCCCCCCCCCCCCCCCCCCCCCCCCC. The number of hydrogen-bond acceptors (Lipinski definition) is 6. The summed E-state index contributed by atoms with van der Waals surface area (Å²) in [4.78, 5) is 38.5. The highest BCUT2D eigenvalue weighted by atomic mass is 16.6. The molecule has 0 saturated carbocycles. The van der Waals surface area contributed by atoms with E-state index in [0.29, 0.717) is 19.3 Å². The first kappa shape index (κ1) is 80.2. The van der Waals surface area contributed by atoms with Crippen LogP contribution in [-0.2, 0) is 28.6 Å². The van der Waals surface area contributed by atoms with Crippen molar-refractivity contribution in [3.63, 3.8) is 0 Å². The van der Waals surface area contributed by atoms with Gasteiger partial charge in [0, 0.05) is 19.3 Å². The van der Waals surface area contributed by atoms with Gasteiger partial charge in [-0.05, 0) is 44.9 Å². The normalized spacial score (nSPS) is 12.0. The summed E-state index contributed by atoms with van der Waals surface area (Å²) in [6, 6.07) is 0. The largest absolute Gasteiger partial charge is 0.462 e. The van der Waals surface area contributed by atoms with Crippen molar-refractivity contribution in [2.45, 2.75) is 444 Å². The minimum Gasteiger partial charge on any atom is -0.462 e. The highest BCUT2D eigenvalue weighted by Gasteiger charge is 2.20. The van der Waals surface area contributed by atoms with E-state index in [4.69, 9.17) is 14.2 Å². The summed E-state index contributed by atoms with van der Waals surface area (Å²) in [6.45, 7) is 6.73. The Balaban J connectivity index is 4.12. The Labute approximate surface area is 513 Å². The van der Waals surface area contributed by atoms with Crippen LogP contribution in [0.15, 0.2) is 12.2 Å². The molecule has 1 atom stereocenters. The van der Waals surface area contributed by atoms with Crippen LogP contribution in [0.1, 0.15) is 438 Å². The number of rotatable bonds is 71. The first-order valence-corrected chi connectivity index (χ1v) is 37.7. The van der Waals surface area contributed by atoms with Gasteiger partial charge in [0.2, 0.25) is 0 Å². The van der Waals surface area contributed by atoms with Gasteiger partial charge in [0.15, 0.2) is 6.10 Å². The minimum absolute atomic E-state index is 0.0648. The molecule has 0 radical (unpaired) electrons. The molecule has 1 unspecified atom stereocenters. The van der Waals surface area contributed by atoms with Gasteiger partial charge in [-0.3, -0.25) is 14.4 Å². The van der Waals surface area contributed by atoms with E-state index < -0.39 is 6.10 Å². The predicted octanol–water partition coefficient (Wildman–Crippen LogP) is 26.0. The monoisotopic (exact) mass is 1160 g/mol. The van der Waals surface area contributed by atoms with Crippen molar-refractivity contribution in [1.29, 1.82) is 0 Å². The molecule has 82 heavy (non-hydrogen) atoms. The molecule has 0 rings (SSSR count). The van der Waals surface area contributed by atoms with Crippen LogP contribution in [0.3, 0.4) is 0 Å². The van der Waals surface area contributed by atoms with Crippen LogP contribution < -0.4 is 0 Å². The third-order valence-electron chi connectivity index (χ3n) is 17.5. The van der Waals surface area contributed by atoms with Crippen molar-refractivity contribution in [3.8, 4) is 0 Å². The standard InChI is InChI=1S/C76H146O6/c1-4-7-10-13-16-19-22-25-28-30-31-32-33-34-35-36-37-38-39-40-41-42-43-44-46-48-51-54-57-60-63-66-69-75(78)81-72-73(71-80-74(77)68-65-62-59-56-53-50-47-27-24-21-18-15-12-9-6-3)82-76(79)70-67-64-61-58-55-52-49-45-29-26-23-20-17-14-11-8-5-2/h26,29,73H,4-25,27-28,30-72H2,1-3H3/b29-26-. The molecule has 0 bridgehead atoms. The molecule has 0 aliphatic carbocycles. The number of ether oxygens (including phenoxy) is 3. The molecule has 0 amide bonds. The Bertz CT molecular complexity index is 1280. The van der Waals surface area contributed by atoms with E-state index in [1.165, 1.54) is 340 Å². The molecule has 0 N–H and O–H groups in total. The van der Waals surface area contributed by atoms with Crippen LogP contribution in [0.2, 0.25) is 0 Å². The van der Waals surface area contributed by atoms with Crippen LogP contribution in [-0.4, -0.2) is 37.2 Å². The number of esters is 3. The number of carbonyl (C=O) groups excluding carboxylic acids is 3. The minimum atomic E-state index is -0.769. The molecule has 0 aliphatic heterocycles. The van der Waals surface area contributed by atoms with Crippen LogP contribution in [0.4, 0.5) is 0 Å². The molecular weight excluding hydrogens is 1010 g/mol. The first-order chi connectivity index (χ1) is 40.5. The van der Waals surface area contributed by atoms with Gasteiger partial charge in [-0.15, -0.1) is 0 Å². The molecule has 0 saturated heterocycles. The fraction of sp³-hybridized carbons (Fsp3) is 0.934. The maximum atomic E-state index is 12.9. The Morgan fingerprint density at radius 1 is 0.232 bits per heavy atom. The molecule has 6 heteroatoms. The fourth-order valence-electron chi connectivity index (χ4n) is 11.9. The third-order valence-corrected chi connectivity index (χ3v) is 17.5. The number of hydrogen-bond donors (Lipinski definition) is 0. The average Bonchev–Trinajstić information content (AvgIpc) is 3.47. The van der Waals surface area contributed by atoms with E-state index in [2.05, 4.69) is 32.9 Å². The van der Waals surface area contributed by atoms with Gasteiger partial charge in [0.05, 0.1) is 0 Å². The summed E-state index contributed by atoms with van der Waals surface area (Å²) < 4.78 is 17.0. The van der Waals surface area contributed by atoms with E-state index in [1.807, 2.05) is 0 Å². The zero-order valence-electron chi connectivity index (χ0n) is 56.1. The maximum Gasteiger partial charge on any atom is 0.306 e. The summed E-state index contributed by atoms with van der Waals surface area (Å²) in [5.74, 6) is -0.832. The molecule has 0 aromatic heterocycles. The van der Waals surface area contributed by atoms with Gasteiger partial charge >= 0.3 is 17.9 Å². The van der Waals surface area contributed by atoms with E-state index in [9.17, 15) is 14.4 Å². The lowest BCUT2D eigenvalue weighted by Gasteiger charge is -2.18. The van der Waals surface area contributed by atoms with Crippen LogP contribution in [0.25, 0.3) is 0 Å². The Morgan fingerprint density at radius 3 is 0.610 bits per heavy atom. The second-order valence-corrected chi connectivity index (χ2v) is 25.9. The van der Waals surface area contributed by atoms with Crippen LogP contribution in [0, 0.1) is 0 Å². The molecule has 6 nitrogen and oxygen atoms in total. The molecule has 0 aromatic carbocycles. The van der Waals surface area contributed by atoms with Crippen molar-refractivity contribution in [3.05, 3.63) is 12.2 Å². The van der Waals surface area contributed by atoms with Gasteiger partial charge in [0.25, 0.3) is 0 Å². The van der Waals surface area contributed by atoms with Crippen molar-refractivity contribution in [1.82, 2.24) is 0 Å². The summed E-state index contributed by atoms with van der Waals surface area (Å²) >= 11 is 0. The number of carbonyl (C=O) groups is 3. The highest BCUT2D eigenvalue weighted by Crippen LogP contribution is 2.20. The topological polar surface area (TPSA) is 78.9 Å². The summed E-state index contributed by atoms with van der Waals surface area (Å²) in [5.41, 5.74) is 0. The molecule has 0 aromatic rings. The Hall–Kier alpha value is -1.85.